The van der Waals surface area contributed by atoms with Crippen molar-refractivity contribution in [3.63, 3.8) is 0 Å². The first-order valence-electron chi connectivity index (χ1n) is 7.16. The maximum absolute atomic E-state index is 10.4. The third kappa shape index (κ3) is 3.08. The van der Waals surface area contributed by atoms with Gasteiger partial charge in [-0.1, -0.05) is 6.07 Å². The second-order valence-electron chi connectivity index (χ2n) is 5.39. The Hall–Kier alpha value is -1.65. The molecule has 0 aromatic carbocycles. The van der Waals surface area contributed by atoms with E-state index >= 15 is 0 Å². The van der Waals surface area contributed by atoms with E-state index in [0.29, 0.717) is 5.92 Å². The van der Waals surface area contributed by atoms with Gasteiger partial charge in [0.15, 0.2) is 0 Å². The molecule has 3 rings (SSSR count). The Bertz CT molecular complexity index is 505. The maximum Gasteiger partial charge on any atom is 0.117 e. The van der Waals surface area contributed by atoms with Crippen molar-refractivity contribution < 1.29 is 9.52 Å². The molecule has 2 aromatic heterocycles. The Kier molecular flexibility index (Phi) is 4.14. The molecule has 0 unspecified atom stereocenters. The number of piperidine rings is 1. The van der Waals surface area contributed by atoms with Gasteiger partial charge in [0.1, 0.15) is 5.76 Å². The summed E-state index contributed by atoms with van der Waals surface area (Å²) in [4.78, 5) is 6.63. The molecule has 1 aliphatic heterocycles. The predicted molar refractivity (Wildman–Crippen MR) is 75.9 cm³/mol. The van der Waals surface area contributed by atoms with Gasteiger partial charge in [-0.2, -0.15) is 0 Å². The number of nitrogens with zero attached hydrogens (tertiary/aromatic N) is 2. The third-order valence-corrected chi connectivity index (χ3v) is 4.03. The minimum absolute atomic E-state index is 0.303. The van der Waals surface area contributed by atoms with Gasteiger partial charge < -0.3 is 9.52 Å². The van der Waals surface area contributed by atoms with Crippen LogP contribution < -0.4 is 0 Å². The molecule has 0 amide bonds. The van der Waals surface area contributed by atoms with E-state index < -0.39 is 6.10 Å². The van der Waals surface area contributed by atoms with Crippen LogP contribution in [-0.4, -0.2) is 28.1 Å². The molecule has 2 aromatic rings. The lowest BCUT2D eigenvalue weighted by atomic mass is 9.89. The van der Waals surface area contributed by atoms with Crippen LogP contribution in [-0.2, 0) is 6.54 Å². The molecule has 0 bridgehead atoms. The van der Waals surface area contributed by atoms with Gasteiger partial charge >= 0.3 is 0 Å². The zero-order valence-electron chi connectivity index (χ0n) is 11.5. The van der Waals surface area contributed by atoms with Crippen molar-refractivity contribution in [2.75, 3.05) is 13.1 Å². The van der Waals surface area contributed by atoms with Gasteiger partial charge in [0, 0.05) is 6.20 Å². The number of aromatic nitrogens is 1. The number of hydrogen-bond donors (Lipinski definition) is 1. The number of rotatable bonds is 4. The fraction of sp³-hybridized carbons (Fsp3) is 0.438. The second-order valence-corrected chi connectivity index (χ2v) is 5.39. The quantitative estimate of drug-likeness (QED) is 0.929. The van der Waals surface area contributed by atoms with E-state index in [1.54, 1.807) is 12.5 Å². The summed E-state index contributed by atoms with van der Waals surface area (Å²) in [5.74, 6) is 1.31. The van der Waals surface area contributed by atoms with Crippen molar-refractivity contribution in [2.24, 2.45) is 5.92 Å². The Morgan fingerprint density at radius 1 is 1.25 bits per heavy atom. The van der Waals surface area contributed by atoms with E-state index in [0.717, 1.165) is 43.9 Å². The number of aliphatic hydroxyl groups is 1. The smallest absolute Gasteiger partial charge is 0.117 e. The van der Waals surface area contributed by atoms with Gasteiger partial charge in [-0.15, -0.1) is 0 Å². The summed E-state index contributed by atoms with van der Waals surface area (Å²) in [6.07, 6.45) is 5.01. The van der Waals surface area contributed by atoms with Crippen LogP contribution in [0.4, 0.5) is 0 Å². The largest absolute Gasteiger partial charge is 0.468 e. The summed E-state index contributed by atoms with van der Waals surface area (Å²) in [5.41, 5.74) is 0.789. The molecule has 20 heavy (non-hydrogen) atoms. The summed E-state index contributed by atoms with van der Waals surface area (Å²) in [7, 11) is 0. The van der Waals surface area contributed by atoms with E-state index in [1.165, 1.54) is 0 Å². The third-order valence-electron chi connectivity index (χ3n) is 4.03. The minimum atomic E-state index is -0.443. The van der Waals surface area contributed by atoms with E-state index in [9.17, 15) is 5.11 Å². The van der Waals surface area contributed by atoms with Crippen LogP contribution in [0.3, 0.4) is 0 Å². The van der Waals surface area contributed by atoms with E-state index in [-0.39, 0.29) is 0 Å². The zero-order valence-corrected chi connectivity index (χ0v) is 11.5. The van der Waals surface area contributed by atoms with E-state index in [1.807, 2.05) is 30.3 Å². The molecular formula is C16H20N2O2. The SMILES string of the molecule is O[C@H](c1ccccn1)C1CCN(Cc2ccco2)CC1. The lowest BCUT2D eigenvalue weighted by Crippen LogP contribution is -2.35. The van der Waals surface area contributed by atoms with Crippen LogP contribution in [0.5, 0.6) is 0 Å². The van der Waals surface area contributed by atoms with Crippen LogP contribution in [0, 0.1) is 5.92 Å². The first-order valence-corrected chi connectivity index (χ1v) is 7.16. The fourth-order valence-electron chi connectivity index (χ4n) is 2.84. The van der Waals surface area contributed by atoms with Crippen molar-refractivity contribution >= 4 is 0 Å². The molecular weight excluding hydrogens is 252 g/mol. The second kappa shape index (κ2) is 6.20. The Labute approximate surface area is 119 Å². The topological polar surface area (TPSA) is 49.5 Å². The van der Waals surface area contributed by atoms with Crippen LogP contribution >= 0.6 is 0 Å². The highest BCUT2D eigenvalue weighted by atomic mass is 16.3. The van der Waals surface area contributed by atoms with Crippen LogP contribution in [0.25, 0.3) is 0 Å². The molecule has 0 radical (unpaired) electrons. The Balaban J connectivity index is 1.53. The van der Waals surface area contributed by atoms with Gasteiger partial charge in [0.2, 0.25) is 0 Å². The molecule has 0 saturated carbocycles. The van der Waals surface area contributed by atoms with Gasteiger partial charge in [-0.3, -0.25) is 9.88 Å². The van der Waals surface area contributed by atoms with Gasteiger partial charge in [0.05, 0.1) is 24.6 Å². The van der Waals surface area contributed by atoms with Gasteiger partial charge in [-0.05, 0) is 56.1 Å². The molecule has 3 heterocycles. The van der Waals surface area contributed by atoms with Crippen LogP contribution in [0.1, 0.15) is 30.4 Å². The summed E-state index contributed by atoms with van der Waals surface area (Å²) in [6, 6.07) is 9.64. The first kappa shape index (κ1) is 13.3. The highest BCUT2D eigenvalue weighted by Gasteiger charge is 2.27. The highest BCUT2D eigenvalue weighted by Crippen LogP contribution is 2.30. The summed E-state index contributed by atoms with van der Waals surface area (Å²) in [6.45, 7) is 2.85. The number of hydrogen-bond acceptors (Lipinski definition) is 4. The molecule has 1 fully saturated rings. The standard InChI is InChI=1S/C16H20N2O2/c19-16(15-5-1-2-8-17-15)13-6-9-18(10-7-13)12-14-4-3-11-20-14/h1-5,8,11,13,16,19H,6-7,9-10,12H2/t16-/m0/s1. The Morgan fingerprint density at radius 2 is 2.10 bits per heavy atom. The van der Waals surface area contributed by atoms with Crippen molar-refractivity contribution in [2.45, 2.75) is 25.5 Å². The molecule has 1 atom stereocenters. The zero-order chi connectivity index (χ0) is 13.8. The molecule has 4 heteroatoms. The summed E-state index contributed by atoms with van der Waals surface area (Å²) < 4.78 is 5.38. The summed E-state index contributed by atoms with van der Waals surface area (Å²) >= 11 is 0. The van der Waals surface area contributed by atoms with Crippen LogP contribution in [0.15, 0.2) is 47.2 Å². The monoisotopic (exact) mass is 272 g/mol. The van der Waals surface area contributed by atoms with Crippen molar-refractivity contribution in [3.05, 3.63) is 54.2 Å². The predicted octanol–water partition coefficient (Wildman–Crippen LogP) is 2.62. The highest BCUT2D eigenvalue weighted by molar-refractivity contribution is 5.08. The number of pyridine rings is 1. The molecule has 1 N–H and O–H groups in total. The lowest BCUT2D eigenvalue weighted by molar-refractivity contribution is 0.0522. The average molecular weight is 272 g/mol. The van der Waals surface area contributed by atoms with Crippen LogP contribution in [0.2, 0.25) is 0 Å². The number of aliphatic hydroxyl groups excluding tert-OH is 1. The Morgan fingerprint density at radius 3 is 2.75 bits per heavy atom. The fourth-order valence-corrected chi connectivity index (χ4v) is 2.84. The normalized spacial score (nSPS) is 19.1. The van der Waals surface area contributed by atoms with Crippen molar-refractivity contribution in [3.8, 4) is 0 Å². The van der Waals surface area contributed by atoms with Crippen molar-refractivity contribution in [1.29, 1.82) is 0 Å². The molecule has 4 nitrogen and oxygen atoms in total. The van der Waals surface area contributed by atoms with E-state index in [4.69, 9.17) is 4.42 Å². The molecule has 1 aliphatic rings. The molecule has 0 aliphatic carbocycles. The lowest BCUT2D eigenvalue weighted by Gasteiger charge is -2.33. The van der Waals surface area contributed by atoms with E-state index in [2.05, 4.69) is 9.88 Å². The minimum Gasteiger partial charge on any atom is -0.468 e. The molecule has 0 spiro atoms. The van der Waals surface area contributed by atoms with Crippen molar-refractivity contribution in [1.82, 2.24) is 9.88 Å². The molecule has 1 saturated heterocycles. The number of furan rings is 1. The number of likely N-dealkylation sites (tertiary alicyclic amines) is 1. The average Bonchev–Trinajstić information content (AvgIpc) is 3.01. The first-order chi connectivity index (χ1) is 9.83. The summed E-state index contributed by atoms with van der Waals surface area (Å²) in [5, 5.41) is 10.4. The van der Waals surface area contributed by atoms with Gasteiger partial charge in [0.25, 0.3) is 0 Å². The maximum atomic E-state index is 10.4. The van der Waals surface area contributed by atoms with Gasteiger partial charge in [-0.25, -0.2) is 0 Å². The molecule has 106 valence electrons.